The summed E-state index contributed by atoms with van der Waals surface area (Å²) in [5, 5.41) is 3.37. The molecule has 0 bridgehead atoms. The van der Waals surface area contributed by atoms with Crippen LogP contribution in [-0.2, 0) is 0 Å². The van der Waals surface area contributed by atoms with E-state index >= 15 is 0 Å². The first-order valence-electron chi connectivity index (χ1n) is 7.84. The molecule has 1 fully saturated rings. The molecule has 1 aromatic rings. The number of rotatable bonds is 4. The smallest absolute Gasteiger partial charge is 0.142 e. The summed E-state index contributed by atoms with van der Waals surface area (Å²) in [6.45, 7) is 11.0. The van der Waals surface area contributed by atoms with Crippen LogP contribution >= 0.6 is 0 Å². The van der Waals surface area contributed by atoms with E-state index in [1.165, 1.54) is 6.07 Å². The van der Waals surface area contributed by atoms with E-state index in [0.717, 1.165) is 50.5 Å². The number of nitrogens with zero attached hydrogens (tertiary/aromatic N) is 1. The van der Waals surface area contributed by atoms with Gasteiger partial charge in [-0.3, -0.25) is 0 Å². The fourth-order valence-electron chi connectivity index (χ4n) is 2.41. The molecule has 4 heteroatoms. The molecule has 2 rings (SSSR count). The van der Waals surface area contributed by atoms with Crippen LogP contribution in [0, 0.1) is 11.2 Å². The van der Waals surface area contributed by atoms with Crippen LogP contribution in [0.1, 0.15) is 33.6 Å². The molecule has 118 valence electrons. The van der Waals surface area contributed by atoms with Gasteiger partial charge < -0.3 is 15.0 Å². The fraction of sp³-hybridized carbons (Fsp3) is 0.647. The molecule has 3 nitrogen and oxygen atoms in total. The van der Waals surface area contributed by atoms with E-state index < -0.39 is 0 Å². The topological polar surface area (TPSA) is 24.5 Å². The van der Waals surface area contributed by atoms with Gasteiger partial charge in [0.1, 0.15) is 11.6 Å². The number of hydrogen-bond donors (Lipinski definition) is 1. The van der Waals surface area contributed by atoms with Crippen LogP contribution in [0.15, 0.2) is 18.2 Å². The van der Waals surface area contributed by atoms with Gasteiger partial charge in [-0.25, -0.2) is 4.39 Å². The molecule has 1 saturated heterocycles. The Labute approximate surface area is 127 Å². The molecule has 0 unspecified atom stereocenters. The van der Waals surface area contributed by atoms with E-state index in [0.29, 0.717) is 6.61 Å². The largest absolute Gasteiger partial charge is 0.491 e. The highest BCUT2D eigenvalue weighted by Crippen LogP contribution is 2.30. The Morgan fingerprint density at radius 2 is 2.05 bits per heavy atom. The third kappa shape index (κ3) is 5.20. The summed E-state index contributed by atoms with van der Waals surface area (Å²) in [7, 11) is 0. The lowest BCUT2D eigenvalue weighted by Gasteiger charge is -2.26. The molecule has 1 aromatic carbocycles. The lowest BCUT2D eigenvalue weighted by Crippen LogP contribution is -2.28. The maximum absolute atomic E-state index is 13.6. The molecule has 0 aromatic heterocycles. The second-order valence-electron chi connectivity index (χ2n) is 6.86. The zero-order chi connectivity index (χ0) is 15.3. The van der Waals surface area contributed by atoms with Gasteiger partial charge in [0.2, 0.25) is 0 Å². The minimum Gasteiger partial charge on any atom is -0.491 e. The van der Waals surface area contributed by atoms with Crippen molar-refractivity contribution in [1.82, 2.24) is 5.32 Å². The summed E-state index contributed by atoms with van der Waals surface area (Å²) in [6, 6.07) is 4.83. The van der Waals surface area contributed by atoms with Gasteiger partial charge in [0.25, 0.3) is 0 Å². The average Bonchev–Trinajstić information content (AvgIpc) is 2.68. The minimum atomic E-state index is -0.203. The van der Waals surface area contributed by atoms with Crippen molar-refractivity contribution in [3.05, 3.63) is 24.0 Å². The van der Waals surface area contributed by atoms with Crippen molar-refractivity contribution in [3.63, 3.8) is 0 Å². The Kier molecular flexibility index (Phi) is 5.45. The molecule has 1 N–H and O–H groups in total. The molecule has 1 aliphatic rings. The van der Waals surface area contributed by atoms with E-state index in [-0.39, 0.29) is 11.2 Å². The van der Waals surface area contributed by atoms with Crippen LogP contribution in [0.2, 0.25) is 0 Å². The Bertz CT molecular complexity index is 449. The highest BCUT2D eigenvalue weighted by atomic mass is 19.1. The number of ether oxygens (including phenoxy) is 1. The second-order valence-corrected chi connectivity index (χ2v) is 6.86. The molecule has 0 saturated carbocycles. The van der Waals surface area contributed by atoms with E-state index in [1.54, 1.807) is 12.1 Å². The van der Waals surface area contributed by atoms with E-state index in [1.807, 2.05) is 0 Å². The molecule has 0 radical (unpaired) electrons. The minimum absolute atomic E-state index is 0.203. The molecule has 21 heavy (non-hydrogen) atoms. The summed E-state index contributed by atoms with van der Waals surface area (Å²) in [5.74, 6) is 0.591. The first-order valence-corrected chi connectivity index (χ1v) is 7.84. The van der Waals surface area contributed by atoms with Crippen LogP contribution in [-0.4, -0.2) is 32.8 Å². The lowest BCUT2D eigenvalue weighted by atomic mass is 9.93. The summed E-state index contributed by atoms with van der Waals surface area (Å²) in [6.07, 6.45) is 2.04. The van der Waals surface area contributed by atoms with Crippen molar-refractivity contribution in [2.45, 2.75) is 33.6 Å². The van der Waals surface area contributed by atoms with Gasteiger partial charge in [-0.2, -0.15) is 0 Å². The fourth-order valence-corrected chi connectivity index (χ4v) is 2.41. The van der Waals surface area contributed by atoms with Crippen molar-refractivity contribution < 1.29 is 9.13 Å². The monoisotopic (exact) mass is 294 g/mol. The Hall–Kier alpha value is -1.29. The Morgan fingerprint density at radius 1 is 1.24 bits per heavy atom. The zero-order valence-electron chi connectivity index (χ0n) is 13.4. The zero-order valence-corrected chi connectivity index (χ0v) is 13.4. The number of hydrogen-bond acceptors (Lipinski definition) is 3. The molecule has 0 aliphatic carbocycles. The molecular formula is C17H27FN2O. The van der Waals surface area contributed by atoms with Crippen LogP contribution in [0.25, 0.3) is 0 Å². The molecule has 0 amide bonds. The van der Waals surface area contributed by atoms with Gasteiger partial charge in [-0.15, -0.1) is 0 Å². The van der Waals surface area contributed by atoms with E-state index in [4.69, 9.17) is 4.74 Å². The van der Waals surface area contributed by atoms with Crippen molar-refractivity contribution in [1.29, 1.82) is 0 Å². The van der Waals surface area contributed by atoms with Gasteiger partial charge >= 0.3 is 0 Å². The van der Waals surface area contributed by atoms with Crippen molar-refractivity contribution in [3.8, 4) is 5.75 Å². The molecule has 1 aliphatic heterocycles. The van der Waals surface area contributed by atoms with Crippen LogP contribution < -0.4 is 15.0 Å². The summed E-state index contributed by atoms with van der Waals surface area (Å²) in [4.78, 5) is 2.22. The van der Waals surface area contributed by atoms with Gasteiger partial charge in [-0.1, -0.05) is 20.8 Å². The van der Waals surface area contributed by atoms with E-state index in [9.17, 15) is 4.39 Å². The molecule has 0 atom stereocenters. The summed E-state index contributed by atoms with van der Waals surface area (Å²) < 4.78 is 19.6. The highest BCUT2D eigenvalue weighted by Gasteiger charge is 2.16. The number of benzene rings is 1. The molecule has 1 heterocycles. The predicted octanol–water partition coefficient (Wildman–Crippen LogP) is 3.44. The van der Waals surface area contributed by atoms with Gasteiger partial charge in [-0.05, 0) is 36.9 Å². The Balaban J connectivity index is 2.09. The quantitative estimate of drug-likeness (QED) is 0.920. The van der Waals surface area contributed by atoms with Crippen LogP contribution in [0.5, 0.6) is 5.75 Å². The van der Waals surface area contributed by atoms with Crippen molar-refractivity contribution in [2.24, 2.45) is 5.41 Å². The number of halogens is 1. The van der Waals surface area contributed by atoms with Crippen molar-refractivity contribution >= 4 is 5.69 Å². The lowest BCUT2D eigenvalue weighted by molar-refractivity contribution is 0.243. The SMILES string of the molecule is CC(C)(C)CCOc1ccc(F)cc1N1CCCNCC1. The maximum atomic E-state index is 13.6. The molecular weight excluding hydrogens is 267 g/mol. The number of nitrogens with one attached hydrogen (secondary N) is 1. The van der Waals surface area contributed by atoms with Gasteiger partial charge in [0.15, 0.2) is 0 Å². The summed E-state index contributed by atoms with van der Waals surface area (Å²) in [5.41, 5.74) is 1.12. The van der Waals surface area contributed by atoms with Crippen molar-refractivity contribution in [2.75, 3.05) is 37.7 Å². The third-order valence-corrected chi connectivity index (χ3v) is 3.71. The number of anilines is 1. The van der Waals surface area contributed by atoms with Gasteiger partial charge in [0, 0.05) is 25.7 Å². The predicted molar refractivity (Wildman–Crippen MR) is 85.7 cm³/mol. The average molecular weight is 294 g/mol. The maximum Gasteiger partial charge on any atom is 0.142 e. The van der Waals surface area contributed by atoms with E-state index in [2.05, 4.69) is 31.0 Å². The Morgan fingerprint density at radius 3 is 2.81 bits per heavy atom. The first-order chi connectivity index (χ1) is 9.96. The molecule has 0 spiro atoms. The summed E-state index contributed by atoms with van der Waals surface area (Å²) >= 11 is 0. The normalized spacial score (nSPS) is 16.7. The van der Waals surface area contributed by atoms with Crippen LogP contribution in [0.3, 0.4) is 0 Å². The first kappa shape index (κ1) is 16.1. The standard InChI is InChI=1S/C17H27FN2O/c1-17(2,3)7-12-21-16-6-5-14(18)13-15(16)20-10-4-8-19-9-11-20/h5-6,13,19H,4,7-12H2,1-3H3. The van der Waals surface area contributed by atoms with Crippen LogP contribution in [0.4, 0.5) is 10.1 Å². The highest BCUT2D eigenvalue weighted by molar-refractivity contribution is 5.58. The third-order valence-electron chi connectivity index (χ3n) is 3.71. The van der Waals surface area contributed by atoms with Gasteiger partial charge in [0.05, 0.1) is 12.3 Å². The second kappa shape index (κ2) is 7.12.